The fraction of sp³-hybridized carbons (Fsp3) is 0.375. The van der Waals surface area contributed by atoms with Crippen molar-refractivity contribution in [2.24, 2.45) is 0 Å². The number of rotatable bonds is 5. The summed E-state index contributed by atoms with van der Waals surface area (Å²) in [5.41, 5.74) is 1.09. The van der Waals surface area contributed by atoms with Crippen LogP contribution in [-0.2, 0) is 9.53 Å². The van der Waals surface area contributed by atoms with Crippen LogP contribution in [0.25, 0.3) is 5.69 Å². The lowest BCUT2D eigenvalue weighted by atomic mass is 10.1. The molecule has 1 fully saturated rings. The summed E-state index contributed by atoms with van der Waals surface area (Å²) in [7, 11) is 3.36. The highest BCUT2D eigenvalue weighted by atomic mass is 16.5. The maximum absolute atomic E-state index is 12.3. The van der Waals surface area contributed by atoms with E-state index in [9.17, 15) is 9.59 Å². The molecule has 1 aliphatic heterocycles. The Balaban J connectivity index is 1.52. The molecule has 0 saturated carbocycles. The number of aromatic nitrogens is 3. The average molecular weight is 329 g/mol. The largest absolute Gasteiger partial charge is 0.365 e. The number of ether oxygens (including phenoxy) is 1. The second-order valence-corrected chi connectivity index (χ2v) is 5.79. The van der Waals surface area contributed by atoms with Crippen molar-refractivity contribution >= 4 is 11.8 Å². The number of amides is 2. The number of carbonyl (C=O) groups excluding carboxylic acids is 2. The van der Waals surface area contributed by atoms with Crippen LogP contribution in [0, 0.1) is 0 Å². The Kier molecular flexibility index (Phi) is 4.57. The summed E-state index contributed by atoms with van der Waals surface area (Å²) in [6, 6.07) is 9.40. The quantitative estimate of drug-likeness (QED) is 0.783. The fourth-order valence-electron chi connectivity index (χ4n) is 2.24. The third-order valence-corrected chi connectivity index (χ3v) is 3.77. The average Bonchev–Trinajstić information content (AvgIpc) is 3.03. The van der Waals surface area contributed by atoms with E-state index in [2.05, 4.69) is 10.2 Å². The van der Waals surface area contributed by atoms with Crippen molar-refractivity contribution < 1.29 is 14.3 Å². The minimum absolute atomic E-state index is 0.0316. The first-order valence-electron chi connectivity index (χ1n) is 7.63. The van der Waals surface area contributed by atoms with Crippen molar-refractivity contribution in [2.45, 2.75) is 6.10 Å². The maximum Gasteiger partial charge on any atom is 0.276 e. The zero-order chi connectivity index (χ0) is 17.1. The lowest BCUT2D eigenvalue weighted by molar-refractivity contribution is -0.138. The van der Waals surface area contributed by atoms with Crippen LogP contribution in [0.3, 0.4) is 0 Å². The summed E-state index contributed by atoms with van der Waals surface area (Å²) in [5, 5.41) is 8.34. The van der Waals surface area contributed by atoms with Crippen LogP contribution in [0.5, 0.6) is 0 Å². The number of nitrogens with zero attached hydrogens (tertiary/aromatic N) is 5. The summed E-state index contributed by atoms with van der Waals surface area (Å²) in [6.07, 6.45) is 1.35. The Morgan fingerprint density at radius 3 is 2.62 bits per heavy atom. The number of benzene rings is 1. The highest BCUT2D eigenvalue weighted by Gasteiger charge is 2.33. The molecule has 0 N–H and O–H groups in total. The number of hydrogen-bond acceptors (Lipinski definition) is 5. The monoisotopic (exact) mass is 329 g/mol. The standard InChI is InChI=1S/C16H19N5O3/c1-19(2)15(22)11-24-13-9-20(10-13)16(23)14-8-17-21(18-14)12-6-4-3-5-7-12/h3-8,13H,9-11H2,1-2H3. The van der Waals surface area contributed by atoms with Gasteiger partial charge in [-0.2, -0.15) is 9.90 Å². The van der Waals surface area contributed by atoms with E-state index in [1.807, 2.05) is 30.3 Å². The molecule has 0 bridgehead atoms. The van der Waals surface area contributed by atoms with E-state index in [-0.39, 0.29) is 24.5 Å². The third kappa shape index (κ3) is 3.43. The van der Waals surface area contributed by atoms with Crippen LogP contribution in [0.1, 0.15) is 10.5 Å². The Morgan fingerprint density at radius 2 is 1.96 bits per heavy atom. The van der Waals surface area contributed by atoms with Gasteiger partial charge in [-0.15, -0.1) is 5.10 Å². The van der Waals surface area contributed by atoms with Gasteiger partial charge >= 0.3 is 0 Å². The van der Waals surface area contributed by atoms with Gasteiger partial charge in [0.25, 0.3) is 5.91 Å². The van der Waals surface area contributed by atoms with Gasteiger partial charge in [0, 0.05) is 27.2 Å². The summed E-state index contributed by atoms with van der Waals surface area (Å²) < 4.78 is 5.47. The van der Waals surface area contributed by atoms with E-state index in [0.717, 1.165) is 5.69 Å². The first-order valence-corrected chi connectivity index (χ1v) is 7.63. The topological polar surface area (TPSA) is 80.6 Å². The highest BCUT2D eigenvalue weighted by molar-refractivity contribution is 5.92. The first kappa shape index (κ1) is 16.1. The molecular formula is C16H19N5O3. The molecule has 1 aliphatic rings. The third-order valence-electron chi connectivity index (χ3n) is 3.77. The molecule has 0 atom stereocenters. The predicted molar refractivity (Wildman–Crippen MR) is 85.7 cm³/mol. The van der Waals surface area contributed by atoms with Gasteiger partial charge in [-0.25, -0.2) is 0 Å². The number of carbonyl (C=O) groups is 2. The second-order valence-electron chi connectivity index (χ2n) is 5.79. The van der Waals surface area contributed by atoms with Crippen LogP contribution in [0.15, 0.2) is 36.5 Å². The lowest BCUT2D eigenvalue weighted by Gasteiger charge is -2.38. The Morgan fingerprint density at radius 1 is 1.25 bits per heavy atom. The molecule has 0 radical (unpaired) electrons. The van der Waals surface area contributed by atoms with Gasteiger partial charge in [0.1, 0.15) is 6.61 Å². The number of para-hydroxylation sites is 1. The molecule has 8 nitrogen and oxygen atoms in total. The van der Waals surface area contributed by atoms with E-state index in [1.165, 1.54) is 15.9 Å². The van der Waals surface area contributed by atoms with Gasteiger partial charge in [0.2, 0.25) is 5.91 Å². The minimum Gasteiger partial charge on any atom is -0.365 e. The van der Waals surface area contributed by atoms with Gasteiger partial charge in [-0.1, -0.05) is 18.2 Å². The van der Waals surface area contributed by atoms with E-state index in [1.54, 1.807) is 19.0 Å². The van der Waals surface area contributed by atoms with Gasteiger partial charge in [-0.05, 0) is 12.1 Å². The first-order chi connectivity index (χ1) is 11.5. The summed E-state index contributed by atoms with van der Waals surface area (Å²) in [5.74, 6) is -0.276. The number of likely N-dealkylation sites (tertiary alicyclic amines) is 1. The fourth-order valence-corrected chi connectivity index (χ4v) is 2.24. The lowest BCUT2D eigenvalue weighted by Crippen LogP contribution is -2.55. The van der Waals surface area contributed by atoms with Crippen molar-refractivity contribution in [3.63, 3.8) is 0 Å². The Hall–Kier alpha value is -2.74. The molecule has 1 saturated heterocycles. The summed E-state index contributed by atoms with van der Waals surface area (Å²) in [6.45, 7) is 0.944. The molecular weight excluding hydrogens is 310 g/mol. The van der Waals surface area contributed by atoms with Gasteiger partial charge in [0.05, 0.1) is 18.0 Å². The SMILES string of the molecule is CN(C)C(=O)COC1CN(C(=O)c2cnn(-c3ccccc3)n2)C1. The van der Waals surface area contributed by atoms with Crippen LogP contribution in [-0.4, -0.2) is 76.5 Å². The molecule has 3 rings (SSSR count). The van der Waals surface area contributed by atoms with E-state index >= 15 is 0 Å². The zero-order valence-electron chi connectivity index (χ0n) is 13.6. The van der Waals surface area contributed by atoms with Crippen molar-refractivity contribution in [1.29, 1.82) is 0 Å². The maximum atomic E-state index is 12.3. The normalized spacial score (nSPS) is 14.3. The molecule has 2 amide bonds. The Bertz CT molecular complexity index is 722. The van der Waals surface area contributed by atoms with Crippen molar-refractivity contribution in [3.05, 3.63) is 42.2 Å². The van der Waals surface area contributed by atoms with E-state index in [4.69, 9.17) is 4.74 Å². The second kappa shape index (κ2) is 6.79. The molecule has 1 aromatic heterocycles. The number of likely N-dealkylation sites (N-methyl/N-ethyl adjacent to an activating group) is 1. The Labute approximate surface area is 139 Å². The van der Waals surface area contributed by atoms with Crippen LogP contribution in [0.4, 0.5) is 0 Å². The molecule has 24 heavy (non-hydrogen) atoms. The van der Waals surface area contributed by atoms with Crippen LogP contribution < -0.4 is 0 Å². The molecule has 8 heteroatoms. The molecule has 0 unspecified atom stereocenters. The molecule has 0 aliphatic carbocycles. The highest BCUT2D eigenvalue weighted by Crippen LogP contribution is 2.15. The van der Waals surface area contributed by atoms with Gasteiger partial charge in [-0.3, -0.25) is 9.59 Å². The number of hydrogen-bond donors (Lipinski definition) is 0. The van der Waals surface area contributed by atoms with Crippen molar-refractivity contribution in [3.8, 4) is 5.69 Å². The van der Waals surface area contributed by atoms with E-state index < -0.39 is 0 Å². The van der Waals surface area contributed by atoms with Gasteiger partial charge < -0.3 is 14.5 Å². The predicted octanol–water partition coefficient (Wildman–Crippen LogP) is 0.196. The molecule has 126 valence electrons. The molecule has 2 heterocycles. The zero-order valence-corrected chi connectivity index (χ0v) is 13.6. The van der Waals surface area contributed by atoms with Crippen molar-refractivity contribution in [1.82, 2.24) is 24.8 Å². The summed E-state index contributed by atoms with van der Waals surface area (Å²) in [4.78, 5) is 28.3. The van der Waals surface area contributed by atoms with Crippen molar-refractivity contribution in [2.75, 3.05) is 33.8 Å². The summed E-state index contributed by atoms with van der Waals surface area (Å²) >= 11 is 0. The van der Waals surface area contributed by atoms with Gasteiger partial charge in [0.15, 0.2) is 5.69 Å². The molecule has 2 aromatic rings. The molecule has 0 spiro atoms. The van der Waals surface area contributed by atoms with E-state index in [0.29, 0.717) is 18.8 Å². The molecule has 1 aromatic carbocycles. The van der Waals surface area contributed by atoms with Crippen LogP contribution in [0.2, 0.25) is 0 Å². The smallest absolute Gasteiger partial charge is 0.276 e. The van der Waals surface area contributed by atoms with Crippen LogP contribution >= 0.6 is 0 Å². The minimum atomic E-state index is -0.184.